The molecule has 2 aliphatic rings. The third kappa shape index (κ3) is 1.50. The molecule has 0 aliphatic heterocycles. The van der Waals surface area contributed by atoms with Crippen molar-refractivity contribution in [3.63, 3.8) is 0 Å². The Morgan fingerprint density at radius 2 is 2.12 bits per heavy atom. The molecule has 0 spiro atoms. The minimum absolute atomic E-state index is 0.347. The Kier molecular flexibility index (Phi) is 2.62. The molecule has 2 aliphatic carbocycles. The highest BCUT2D eigenvalue weighted by molar-refractivity contribution is 5.46. The molecule has 0 aromatic heterocycles. The summed E-state index contributed by atoms with van der Waals surface area (Å²) in [5.41, 5.74) is 7.67. The second-order valence-electron chi connectivity index (χ2n) is 5.51. The molecule has 3 rings (SSSR count). The van der Waals surface area contributed by atoms with Crippen LogP contribution >= 0.6 is 0 Å². The van der Waals surface area contributed by atoms with E-state index in [1.54, 1.807) is 7.11 Å². The lowest BCUT2D eigenvalue weighted by molar-refractivity contribution is 0.227. The third-order valence-electron chi connectivity index (χ3n) is 4.88. The largest absolute Gasteiger partial charge is 0.496 e. The van der Waals surface area contributed by atoms with Gasteiger partial charge < -0.3 is 10.5 Å². The Morgan fingerprint density at radius 3 is 2.65 bits per heavy atom. The molecule has 2 atom stereocenters. The predicted octanol–water partition coefficient (Wildman–Crippen LogP) is 2.71. The highest BCUT2D eigenvalue weighted by Crippen LogP contribution is 2.65. The third-order valence-corrected chi connectivity index (χ3v) is 4.88. The van der Waals surface area contributed by atoms with E-state index in [0.29, 0.717) is 11.3 Å². The van der Waals surface area contributed by atoms with Crippen molar-refractivity contribution in [3.05, 3.63) is 29.8 Å². The molecule has 1 aromatic rings. The van der Waals surface area contributed by atoms with E-state index < -0.39 is 0 Å². The van der Waals surface area contributed by atoms with Gasteiger partial charge in [-0.05, 0) is 43.7 Å². The maximum Gasteiger partial charge on any atom is 0.122 e. The lowest BCUT2D eigenvalue weighted by atomic mass is 9.69. The second kappa shape index (κ2) is 4.02. The van der Waals surface area contributed by atoms with E-state index in [1.807, 2.05) is 0 Å². The molecule has 17 heavy (non-hydrogen) atoms. The van der Waals surface area contributed by atoms with E-state index in [0.717, 1.165) is 18.2 Å². The van der Waals surface area contributed by atoms with Crippen LogP contribution in [-0.4, -0.2) is 13.7 Å². The normalized spacial score (nSPS) is 32.0. The van der Waals surface area contributed by atoms with Crippen molar-refractivity contribution >= 4 is 0 Å². The Hall–Kier alpha value is -1.02. The van der Waals surface area contributed by atoms with Crippen LogP contribution in [0.3, 0.4) is 0 Å². The van der Waals surface area contributed by atoms with E-state index in [9.17, 15) is 0 Å². The molecule has 2 saturated carbocycles. The van der Waals surface area contributed by atoms with Gasteiger partial charge in [-0.25, -0.2) is 0 Å². The quantitative estimate of drug-likeness (QED) is 0.864. The summed E-state index contributed by atoms with van der Waals surface area (Å²) in [5.74, 6) is 2.56. The lowest BCUT2D eigenvalue weighted by Gasteiger charge is -2.36. The first-order valence-electron chi connectivity index (χ1n) is 6.66. The standard InChI is InChI=1S/C15H21NO/c1-17-14-8-3-2-7-13(14)15(9-12(15)10-16)11-5-4-6-11/h2-3,7-8,11-12H,4-6,9-10,16H2,1H3. The van der Waals surface area contributed by atoms with E-state index in [1.165, 1.54) is 31.2 Å². The van der Waals surface area contributed by atoms with Crippen molar-refractivity contribution in [3.8, 4) is 5.75 Å². The number of para-hydroxylation sites is 1. The smallest absolute Gasteiger partial charge is 0.122 e. The number of benzene rings is 1. The van der Waals surface area contributed by atoms with Gasteiger partial charge in [-0.15, -0.1) is 0 Å². The van der Waals surface area contributed by atoms with Crippen LogP contribution in [-0.2, 0) is 5.41 Å². The predicted molar refractivity (Wildman–Crippen MR) is 69.2 cm³/mol. The van der Waals surface area contributed by atoms with Gasteiger partial charge >= 0.3 is 0 Å². The van der Waals surface area contributed by atoms with Crippen molar-refractivity contribution in [2.45, 2.75) is 31.1 Å². The molecule has 2 N–H and O–H groups in total. The first-order valence-corrected chi connectivity index (χ1v) is 6.66. The van der Waals surface area contributed by atoms with Gasteiger partial charge in [0.15, 0.2) is 0 Å². The van der Waals surface area contributed by atoms with Crippen molar-refractivity contribution < 1.29 is 4.74 Å². The van der Waals surface area contributed by atoms with Gasteiger partial charge in [-0.2, -0.15) is 0 Å². The molecule has 2 nitrogen and oxygen atoms in total. The van der Waals surface area contributed by atoms with Gasteiger partial charge in [0.05, 0.1) is 7.11 Å². The zero-order valence-electron chi connectivity index (χ0n) is 10.5. The van der Waals surface area contributed by atoms with Crippen LogP contribution in [0.5, 0.6) is 5.75 Å². The van der Waals surface area contributed by atoms with Crippen molar-refractivity contribution in [1.29, 1.82) is 0 Å². The van der Waals surface area contributed by atoms with Gasteiger partial charge in [0, 0.05) is 11.0 Å². The molecule has 1 aromatic carbocycles. The van der Waals surface area contributed by atoms with E-state index >= 15 is 0 Å². The molecule has 0 radical (unpaired) electrons. The van der Waals surface area contributed by atoms with Crippen LogP contribution in [0.15, 0.2) is 24.3 Å². The zero-order valence-corrected chi connectivity index (χ0v) is 10.5. The summed E-state index contributed by atoms with van der Waals surface area (Å²) < 4.78 is 5.54. The van der Waals surface area contributed by atoms with Crippen LogP contribution in [0, 0.1) is 11.8 Å². The molecule has 0 heterocycles. The Bertz CT molecular complexity index is 413. The summed E-state index contributed by atoms with van der Waals surface area (Å²) in [4.78, 5) is 0. The highest BCUT2D eigenvalue weighted by Gasteiger charge is 2.60. The van der Waals surface area contributed by atoms with E-state index in [2.05, 4.69) is 24.3 Å². The Balaban J connectivity index is 1.99. The fraction of sp³-hybridized carbons (Fsp3) is 0.600. The zero-order chi connectivity index (χ0) is 11.9. The highest BCUT2D eigenvalue weighted by atomic mass is 16.5. The van der Waals surface area contributed by atoms with Gasteiger partial charge in [-0.3, -0.25) is 0 Å². The lowest BCUT2D eigenvalue weighted by Crippen LogP contribution is -2.30. The minimum atomic E-state index is 0.347. The fourth-order valence-electron chi connectivity index (χ4n) is 3.64. The molecular formula is C15H21NO. The van der Waals surface area contributed by atoms with Crippen LogP contribution in [0.2, 0.25) is 0 Å². The van der Waals surface area contributed by atoms with E-state index in [4.69, 9.17) is 10.5 Å². The number of hydrogen-bond acceptors (Lipinski definition) is 2. The molecule has 2 heteroatoms. The van der Waals surface area contributed by atoms with Crippen molar-refractivity contribution in [1.82, 2.24) is 0 Å². The van der Waals surface area contributed by atoms with Gasteiger partial charge in [0.2, 0.25) is 0 Å². The summed E-state index contributed by atoms with van der Waals surface area (Å²) in [7, 11) is 1.77. The molecule has 92 valence electrons. The number of rotatable bonds is 4. The monoisotopic (exact) mass is 231 g/mol. The van der Waals surface area contributed by atoms with Crippen LogP contribution in [0.1, 0.15) is 31.2 Å². The van der Waals surface area contributed by atoms with Crippen molar-refractivity contribution in [2.24, 2.45) is 17.6 Å². The average molecular weight is 231 g/mol. The van der Waals surface area contributed by atoms with Gasteiger partial charge in [0.25, 0.3) is 0 Å². The van der Waals surface area contributed by atoms with Crippen LogP contribution < -0.4 is 10.5 Å². The molecule has 2 unspecified atom stereocenters. The summed E-state index contributed by atoms with van der Waals surface area (Å²) in [6.45, 7) is 0.814. The van der Waals surface area contributed by atoms with Gasteiger partial charge in [-0.1, -0.05) is 24.6 Å². The number of hydrogen-bond donors (Lipinski definition) is 1. The number of methoxy groups -OCH3 is 1. The number of ether oxygens (including phenoxy) is 1. The molecular weight excluding hydrogens is 210 g/mol. The second-order valence-corrected chi connectivity index (χ2v) is 5.51. The number of nitrogens with two attached hydrogens (primary N) is 1. The summed E-state index contributed by atoms with van der Waals surface area (Å²) in [5, 5.41) is 0. The van der Waals surface area contributed by atoms with E-state index in [-0.39, 0.29) is 0 Å². The first kappa shape index (κ1) is 11.1. The van der Waals surface area contributed by atoms with Gasteiger partial charge in [0.1, 0.15) is 5.75 Å². The molecule has 0 saturated heterocycles. The molecule has 2 fully saturated rings. The maximum atomic E-state index is 5.91. The summed E-state index contributed by atoms with van der Waals surface area (Å²) in [6.07, 6.45) is 5.39. The van der Waals surface area contributed by atoms with Crippen LogP contribution in [0.4, 0.5) is 0 Å². The Labute approximate surface area is 103 Å². The molecule has 0 bridgehead atoms. The van der Waals surface area contributed by atoms with Crippen LogP contribution in [0.25, 0.3) is 0 Å². The topological polar surface area (TPSA) is 35.2 Å². The summed E-state index contributed by atoms with van der Waals surface area (Å²) >= 11 is 0. The maximum absolute atomic E-state index is 5.91. The Morgan fingerprint density at radius 1 is 1.35 bits per heavy atom. The summed E-state index contributed by atoms with van der Waals surface area (Å²) in [6, 6.07) is 8.51. The van der Waals surface area contributed by atoms with Crippen molar-refractivity contribution in [2.75, 3.05) is 13.7 Å². The fourth-order valence-corrected chi connectivity index (χ4v) is 3.64. The SMILES string of the molecule is COc1ccccc1C1(C2CCC2)CC1CN. The minimum Gasteiger partial charge on any atom is -0.496 e. The average Bonchev–Trinajstić information content (AvgIpc) is 3.02. The first-order chi connectivity index (χ1) is 8.32. The molecule has 0 amide bonds.